The first kappa shape index (κ1) is 20.4. The quantitative estimate of drug-likeness (QED) is 0.486. The van der Waals surface area contributed by atoms with Gasteiger partial charge in [-0.25, -0.2) is 4.98 Å². The van der Waals surface area contributed by atoms with Crippen LogP contribution in [-0.4, -0.2) is 22.6 Å². The summed E-state index contributed by atoms with van der Waals surface area (Å²) >= 11 is 0. The fourth-order valence-electron chi connectivity index (χ4n) is 3.62. The molecular formula is C26H25N3O2. The predicted molar refractivity (Wildman–Crippen MR) is 122 cm³/mol. The lowest BCUT2D eigenvalue weighted by Gasteiger charge is -2.20. The largest absolute Gasteiger partial charge is 0.497 e. The van der Waals surface area contributed by atoms with Gasteiger partial charge in [-0.15, -0.1) is 0 Å². The second kappa shape index (κ2) is 9.30. The van der Waals surface area contributed by atoms with E-state index in [0.29, 0.717) is 6.42 Å². The first-order chi connectivity index (χ1) is 15.1. The Morgan fingerprint density at radius 1 is 1.00 bits per heavy atom. The summed E-state index contributed by atoms with van der Waals surface area (Å²) < 4.78 is 7.28. The number of carbonyl (C=O) groups is 1. The number of hydrogen-bond acceptors (Lipinski definition) is 3. The third-order valence-corrected chi connectivity index (χ3v) is 5.27. The Labute approximate surface area is 182 Å². The molecule has 1 amide bonds. The number of aryl methyl sites for hydroxylation is 1. The number of rotatable bonds is 7. The third-order valence-electron chi connectivity index (χ3n) is 5.27. The van der Waals surface area contributed by atoms with Crippen LogP contribution in [0.15, 0.2) is 91.3 Å². The Morgan fingerprint density at radius 3 is 2.42 bits per heavy atom. The molecule has 3 aromatic carbocycles. The summed E-state index contributed by atoms with van der Waals surface area (Å²) in [5.74, 6) is 1.44. The van der Waals surface area contributed by atoms with Crippen LogP contribution in [0.5, 0.6) is 5.75 Å². The van der Waals surface area contributed by atoms with E-state index >= 15 is 0 Å². The maximum Gasteiger partial charge on any atom is 0.225 e. The van der Waals surface area contributed by atoms with Gasteiger partial charge in [0.25, 0.3) is 0 Å². The summed E-state index contributed by atoms with van der Waals surface area (Å²) in [4.78, 5) is 17.4. The van der Waals surface area contributed by atoms with Gasteiger partial charge in [-0.3, -0.25) is 4.79 Å². The van der Waals surface area contributed by atoms with Gasteiger partial charge in [-0.2, -0.15) is 0 Å². The van der Waals surface area contributed by atoms with Crippen LogP contribution >= 0.6 is 0 Å². The van der Waals surface area contributed by atoms with E-state index in [1.807, 2.05) is 72.4 Å². The number of aromatic nitrogens is 2. The lowest BCUT2D eigenvalue weighted by Crippen LogP contribution is -2.32. The average Bonchev–Trinajstić information content (AvgIpc) is 3.24. The number of ether oxygens (including phenoxy) is 1. The van der Waals surface area contributed by atoms with E-state index in [0.717, 1.165) is 33.8 Å². The van der Waals surface area contributed by atoms with Gasteiger partial charge in [0.2, 0.25) is 5.91 Å². The SMILES string of the molecule is COc1cccc([C@H](NC(=O)Cc2ccc(-c3ccccc3)cc2)c2nccn2C)c1. The second-order valence-electron chi connectivity index (χ2n) is 7.41. The molecule has 0 spiro atoms. The van der Waals surface area contributed by atoms with Crippen LogP contribution < -0.4 is 10.1 Å². The minimum atomic E-state index is -0.369. The van der Waals surface area contributed by atoms with Crippen LogP contribution in [0.3, 0.4) is 0 Å². The van der Waals surface area contributed by atoms with Gasteiger partial charge in [0.15, 0.2) is 0 Å². The van der Waals surface area contributed by atoms with Crippen molar-refractivity contribution in [1.82, 2.24) is 14.9 Å². The van der Waals surface area contributed by atoms with Crippen LogP contribution in [0.25, 0.3) is 11.1 Å². The summed E-state index contributed by atoms with van der Waals surface area (Å²) in [6.07, 6.45) is 3.90. The fraction of sp³-hybridized carbons (Fsp3) is 0.154. The molecule has 5 nitrogen and oxygen atoms in total. The maximum atomic E-state index is 12.9. The molecular weight excluding hydrogens is 386 g/mol. The van der Waals surface area contributed by atoms with Gasteiger partial charge < -0.3 is 14.6 Å². The molecule has 1 aromatic heterocycles. The highest BCUT2D eigenvalue weighted by molar-refractivity contribution is 5.79. The first-order valence-corrected chi connectivity index (χ1v) is 10.2. The van der Waals surface area contributed by atoms with Crippen molar-refractivity contribution in [2.24, 2.45) is 7.05 Å². The van der Waals surface area contributed by atoms with Crippen molar-refractivity contribution in [2.45, 2.75) is 12.5 Å². The molecule has 1 heterocycles. The Morgan fingerprint density at radius 2 is 1.74 bits per heavy atom. The summed E-state index contributed by atoms with van der Waals surface area (Å²) in [6.45, 7) is 0. The normalized spacial score (nSPS) is 11.7. The van der Waals surface area contributed by atoms with Crippen LogP contribution in [0.4, 0.5) is 0 Å². The summed E-state index contributed by atoms with van der Waals surface area (Å²) in [5.41, 5.74) is 4.17. The number of methoxy groups -OCH3 is 1. The molecule has 0 saturated heterocycles. The smallest absolute Gasteiger partial charge is 0.225 e. The van der Waals surface area contributed by atoms with Crippen molar-refractivity contribution in [1.29, 1.82) is 0 Å². The molecule has 0 aliphatic carbocycles. The van der Waals surface area contributed by atoms with Gasteiger partial charge in [-0.1, -0.05) is 66.7 Å². The van der Waals surface area contributed by atoms with E-state index in [-0.39, 0.29) is 11.9 Å². The van der Waals surface area contributed by atoms with Gasteiger partial charge >= 0.3 is 0 Å². The standard InChI is InChI=1S/C26H25N3O2/c1-29-16-15-27-26(29)25(22-9-6-10-23(18-22)31-2)28-24(30)17-19-11-13-21(14-12-19)20-7-4-3-5-8-20/h3-16,18,25H,17H2,1-2H3,(H,28,30)/t25-/m0/s1. The topological polar surface area (TPSA) is 56.1 Å². The molecule has 1 atom stereocenters. The lowest BCUT2D eigenvalue weighted by molar-refractivity contribution is -0.121. The Balaban J connectivity index is 1.52. The van der Waals surface area contributed by atoms with Gasteiger partial charge in [0.1, 0.15) is 17.6 Å². The first-order valence-electron chi connectivity index (χ1n) is 10.2. The maximum absolute atomic E-state index is 12.9. The zero-order valence-corrected chi connectivity index (χ0v) is 17.7. The van der Waals surface area contributed by atoms with Crippen LogP contribution in [0.2, 0.25) is 0 Å². The predicted octanol–water partition coefficient (Wildman–Crippen LogP) is 4.54. The van der Waals surface area contributed by atoms with E-state index in [1.165, 1.54) is 0 Å². The highest BCUT2D eigenvalue weighted by Crippen LogP contribution is 2.25. The molecule has 156 valence electrons. The molecule has 4 rings (SSSR count). The molecule has 0 unspecified atom stereocenters. The molecule has 0 radical (unpaired) electrons. The lowest BCUT2D eigenvalue weighted by atomic mass is 10.0. The number of benzene rings is 3. The van der Waals surface area contributed by atoms with E-state index < -0.39 is 0 Å². The Bertz CT molecular complexity index is 1150. The number of amides is 1. The Kier molecular flexibility index (Phi) is 6.13. The number of nitrogens with zero attached hydrogens (tertiary/aromatic N) is 2. The fourth-order valence-corrected chi connectivity index (χ4v) is 3.62. The molecule has 5 heteroatoms. The molecule has 0 aliphatic rings. The van der Waals surface area contributed by atoms with Crippen molar-refractivity contribution in [3.05, 3.63) is 108 Å². The van der Waals surface area contributed by atoms with Crippen molar-refractivity contribution < 1.29 is 9.53 Å². The van der Waals surface area contributed by atoms with Crippen molar-refractivity contribution >= 4 is 5.91 Å². The zero-order valence-electron chi connectivity index (χ0n) is 17.7. The third kappa shape index (κ3) is 4.83. The van der Waals surface area contributed by atoms with Gasteiger partial charge in [-0.05, 0) is 34.4 Å². The van der Waals surface area contributed by atoms with Crippen molar-refractivity contribution in [2.75, 3.05) is 7.11 Å². The van der Waals surface area contributed by atoms with Gasteiger partial charge in [0.05, 0.1) is 13.5 Å². The van der Waals surface area contributed by atoms with Crippen molar-refractivity contribution in [3.8, 4) is 16.9 Å². The van der Waals surface area contributed by atoms with E-state index in [1.54, 1.807) is 13.3 Å². The monoisotopic (exact) mass is 411 g/mol. The van der Waals surface area contributed by atoms with E-state index in [2.05, 4.69) is 34.6 Å². The minimum absolute atomic E-state index is 0.0664. The van der Waals surface area contributed by atoms with E-state index in [9.17, 15) is 4.79 Å². The highest BCUT2D eigenvalue weighted by atomic mass is 16.5. The van der Waals surface area contributed by atoms with E-state index in [4.69, 9.17) is 4.74 Å². The molecule has 31 heavy (non-hydrogen) atoms. The molecule has 0 saturated carbocycles. The molecule has 4 aromatic rings. The Hall–Kier alpha value is -3.86. The minimum Gasteiger partial charge on any atom is -0.497 e. The van der Waals surface area contributed by atoms with Crippen LogP contribution in [0, 0.1) is 0 Å². The summed E-state index contributed by atoms with van der Waals surface area (Å²) in [5, 5.41) is 3.14. The second-order valence-corrected chi connectivity index (χ2v) is 7.41. The summed E-state index contributed by atoms with van der Waals surface area (Å²) in [6, 6.07) is 25.6. The van der Waals surface area contributed by atoms with Crippen LogP contribution in [0.1, 0.15) is 23.0 Å². The molecule has 0 fully saturated rings. The summed E-state index contributed by atoms with van der Waals surface area (Å²) in [7, 11) is 3.55. The molecule has 0 bridgehead atoms. The number of nitrogens with one attached hydrogen (secondary N) is 1. The molecule has 0 aliphatic heterocycles. The zero-order chi connectivity index (χ0) is 21.6. The number of imidazole rings is 1. The van der Waals surface area contributed by atoms with Crippen molar-refractivity contribution in [3.63, 3.8) is 0 Å². The van der Waals surface area contributed by atoms with Crippen LogP contribution in [-0.2, 0) is 18.3 Å². The number of carbonyl (C=O) groups excluding carboxylic acids is 1. The number of hydrogen-bond donors (Lipinski definition) is 1. The molecule has 1 N–H and O–H groups in total. The van der Waals surface area contributed by atoms with Gasteiger partial charge in [0, 0.05) is 19.4 Å². The highest BCUT2D eigenvalue weighted by Gasteiger charge is 2.21. The average molecular weight is 412 g/mol.